The van der Waals surface area contributed by atoms with Gasteiger partial charge in [0.2, 0.25) is 0 Å². The molecule has 1 saturated heterocycles. The molecule has 29 heavy (non-hydrogen) atoms. The smallest absolute Gasteiger partial charge is 0.307 e. The van der Waals surface area contributed by atoms with Crippen molar-refractivity contribution in [3.05, 3.63) is 28.3 Å². The number of hydrogen-bond acceptors (Lipinski definition) is 4. The maximum atomic E-state index is 12.5. The van der Waals surface area contributed by atoms with Crippen LogP contribution in [0, 0.1) is 0 Å². The molecule has 0 aromatic heterocycles. The number of rotatable bonds is 6. The van der Waals surface area contributed by atoms with E-state index < -0.39 is 16.2 Å². The van der Waals surface area contributed by atoms with Gasteiger partial charge in [-0.2, -0.15) is 13.1 Å². The second-order valence-electron chi connectivity index (χ2n) is 8.42. The summed E-state index contributed by atoms with van der Waals surface area (Å²) in [5.41, 5.74) is 5.82. The van der Waals surface area contributed by atoms with Crippen molar-refractivity contribution in [1.82, 2.24) is 14.3 Å². The molecule has 7 nitrogen and oxygen atoms in total. The fourth-order valence-corrected chi connectivity index (χ4v) is 5.61. The Morgan fingerprint density at radius 2 is 1.76 bits per heavy atom. The van der Waals surface area contributed by atoms with Gasteiger partial charge in [-0.05, 0) is 81.0 Å². The van der Waals surface area contributed by atoms with Crippen molar-refractivity contribution in [3.8, 4) is 0 Å². The second-order valence-corrected chi connectivity index (χ2v) is 9.92. The largest absolute Gasteiger partial charge is 0.333 e. The third kappa shape index (κ3) is 5.26. The molecule has 0 spiro atoms. The quantitative estimate of drug-likeness (QED) is 0.582. The summed E-state index contributed by atoms with van der Waals surface area (Å²) in [6.07, 6.45) is 7.09. The van der Waals surface area contributed by atoms with Crippen molar-refractivity contribution in [2.45, 2.75) is 70.9 Å². The summed E-state index contributed by atoms with van der Waals surface area (Å²) in [5, 5.41) is 2.86. The molecule has 1 aliphatic heterocycles. The first-order chi connectivity index (χ1) is 13.3. The van der Waals surface area contributed by atoms with Gasteiger partial charge in [0.1, 0.15) is 0 Å². The van der Waals surface area contributed by atoms with E-state index >= 15 is 0 Å². The van der Waals surface area contributed by atoms with E-state index in [-0.39, 0.29) is 57.4 Å². The van der Waals surface area contributed by atoms with Gasteiger partial charge in [-0.1, -0.05) is 6.07 Å². The van der Waals surface area contributed by atoms with Crippen LogP contribution >= 0.6 is 0 Å². The van der Waals surface area contributed by atoms with Crippen LogP contribution in [0.5, 0.6) is 0 Å². The number of nitrogens with one attached hydrogen (secondary N) is 3. The molecule has 2 aliphatic carbocycles. The van der Waals surface area contributed by atoms with E-state index in [0.717, 1.165) is 57.2 Å². The Balaban J connectivity index is 0.00000240. The van der Waals surface area contributed by atoms with Crippen LogP contribution in [0.15, 0.2) is 6.07 Å². The van der Waals surface area contributed by atoms with Crippen LogP contribution in [-0.2, 0) is 35.9 Å². The average molecular weight is 446 g/mol. The standard InChI is InChI=1S/C20H30N4O3S.K/c1-13(2)24-10-9-16(24)12-21-28(26,27)23-20(25)22-19-17-7-3-5-14(17)11-15-6-4-8-18(15)19;/h11,13,16,21H,3-10,12H2,1-2H3,(H2,22,23,25);. The van der Waals surface area contributed by atoms with Gasteiger partial charge in [0.25, 0.3) is 0 Å². The number of aryl methyl sites for hydroxylation is 2. The molecule has 0 saturated carbocycles. The number of urea groups is 1. The molecule has 1 aromatic carbocycles. The Morgan fingerprint density at radius 3 is 2.28 bits per heavy atom. The normalized spacial score (nSPS) is 20.6. The minimum Gasteiger partial charge on any atom is -0.307 e. The molecule has 1 unspecified atom stereocenters. The Kier molecular flexibility index (Phi) is 7.87. The van der Waals surface area contributed by atoms with Crippen molar-refractivity contribution in [1.29, 1.82) is 0 Å². The average Bonchev–Trinajstić information content (AvgIpc) is 3.21. The fourth-order valence-electron chi connectivity index (χ4n) is 4.83. The molecule has 2 amide bonds. The maximum absolute atomic E-state index is 12.5. The van der Waals surface area contributed by atoms with Crippen LogP contribution in [0.1, 0.15) is 55.4 Å². The summed E-state index contributed by atoms with van der Waals surface area (Å²) in [6.45, 7) is 5.51. The number of carbonyl (C=O) groups excluding carboxylic acids is 1. The minimum atomic E-state index is -3.89. The maximum Gasteiger partial charge on any atom is 0.333 e. The third-order valence-electron chi connectivity index (χ3n) is 6.30. The number of likely N-dealkylation sites (tertiary alicyclic amines) is 1. The fraction of sp³-hybridized carbons (Fsp3) is 0.650. The number of fused-ring (bicyclic) bond motifs is 2. The summed E-state index contributed by atoms with van der Waals surface area (Å²) in [6, 6.07) is 2.18. The molecule has 1 atom stereocenters. The van der Waals surface area contributed by atoms with Crippen molar-refractivity contribution >= 4 is 73.3 Å². The first kappa shape index (κ1) is 23.7. The number of nitrogens with zero attached hydrogens (tertiary/aromatic N) is 1. The molecule has 0 bridgehead atoms. The van der Waals surface area contributed by atoms with Gasteiger partial charge in [-0.25, -0.2) is 9.52 Å². The number of amides is 2. The van der Waals surface area contributed by atoms with Gasteiger partial charge in [-0.15, -0.1) is 0 Å². The summed E-state index contributed by atoms with van der Waals surface area (Å²) in [7, 11) is -3.89. The second kappa shape index (κ2) is 9.64. The van der Waals surface area contributed by atoms with Crippen LogP contribution in [0.4, 0.5) is 10.5 Å². The molecular formula is C20H30KN4O3S. The third-order valence-corrected chi connectivity index (χ3v) is 7.30. The van der Waals surface area contributed by atoms with E-state index in [2.05, 4.69) is 39.6 Å². The first-order valence-corrected chi connectivity index (χ1v) is 11.8. The van der Waals surface area contributed by atoms with Gasteiger partial charge in [0.05, 0.1) is 0 Å². The molecule has 1 radical (unpaired) electrons. The van der Waals surface area contributed by atoms with Gasteiger partial charge in [-0.3, -0.25) is 4.90 Å². The van der Waals surface area contributed by atoms with Crippen molar-refractivity contribution in [2.24, 2.45) is 0 Å². The molecule has 155 valence electrons. The Morgan fingerprint density at radius 1 is 1.14 bits per heavy atom. The number of hydrogen-bond donors (Lipinski definition) is 3. The first-order valence-electron chi connectivity index (χ1n) is 10.3. The van der Waals surface area contributed by atoms with E-state index in [9.17, 15) is 13.2 Å². The predicted octanol–water partition coefficient (Wildman–Crippen LogP) is 1.72. The Labute approximate surface area is 216 Å². The molecular weight excluding hydrogens is 415 g/mol. The van der Waals surface area contributed by atoms with Gasteiger partial charge < -0.3 is 5.32 Å². The van der Waals surface area contributed by atoms with Crippen LogP contribution in [0.25, 0.3) is 0 Å². The van der Waals surface area contributed by atoms with E-state index in [4.69, 9.17) is 0 Å². The molecule has 4 rings (SSSR count). The molecule has 1 aromatic rings. The molecule has 1 heterocycles. The predicted molar refractivity (Wildman–Crippen MR) is 116 cm³/mol. The van der Waals surface area contributed by atoms with E-state index in [0.29, 0.717) is 12.6 Å². The van der Waals surface area contributed by atoms with Gasteiger partial charge >= 0.3 is 16.2 Å². The van der Waals surface area contributed by atoms with E-state index in [1.54, 1.807) is 0 Å². The molecule has 3 N–H and O–H groups in total. The molecule has 3 aliphatic rings. The molecule has 9 heteroatoms. The van der Waals surface area contributed by atoms with Gasteiger partial charge in [0.15, 0.2) is 0 Å². The van der Waals surface area contributed by atoms with Crippen LogP contribution in [-0.4, -0.2) is 95.9 Å². The van der Waals surface area contributed by atoms with Crippen molar-refractivity contribution in [2.75, 3.05) is 18.4 Å². The number of benzene rings is 1. The number of carbonyl (C=O) groups is 1. The monoisotopic (exact) mass is 445 g/mol. The number of anilines is 1. The topological polar surface area (TPSA) is 90.5 Å². The van der Waals surface area contributed by atoms with Crippen molar-refractivity contribution < 1.29 is 13.2 Å². The Hall–Kier alpha value is -0.00364. The summed E-state index contributed by atoms with van der Waals surface area (Å²) in [4.78, 5) is 14.7. The van der Waals surface area contributed by atoms with Crippen LogP contribution in [0.3, 0.4) is 0 Å². The SMILES string of the molecule is CC(C)N1CCC1CNS(=O)(=O)NC(=O)Nc1c2c(cc3c1CCC3)CCC2.[K]. The zero-order chi connectivity index (χ0) is 19.9. The zero-order valence-corrected chi connectivity index (χ0v) is 21.6. The summed E-state index contributed by atoms with van der Waals surface area (Å²) in [5.74, 6) is 0. The van der Waals surface area contributed by atoms with Crippen molar-refractivity contribution in [3.63, 3.8) is 0 Å². The van der Waals surface area contributed by atoms with Crippen LogP contribution < -0.4 is 14.8 Å². The summed E-state index contributed by atoms with van der Waals surface area (Å²) < 4.78 is 29.3. The molecule has 1 fully saturated rings. The van der Waals surface area contributed by atoms with E-state index in [1.165, 1.54) is 22.3 Å². The summed E-state index contributed by atoms with van der Waals surface area (Å²) >= 11 is 0. The van der Waals surface area contributed by atoms with E-state index in [1.807, 2.05) is 0 Å². The van der Waals surface area contributed by atoms with Gasteiger partial charge in [0, 0.05) is 82.2 Å². The minimum absolute atomic E-state index is 0. The Bertz CT molecular complexity index is 856. The van der Waals surface area contributed by atoms with Crippen LogP contribution in [0.2, 0.25) is 0 Å². The zero-order valence-electron chi connectivity index (χ0n) is 17.7.